The van der Waals surface area contributed by atoms with Gasteiger partial charge in [-0.3, -0.25) is 52.7 Å². The van der Waals surface area contributed by atoms with Crippen molar-refractivity contribution in [3.63, 3.8) is 0 Å². The van der Waals surface area contributed by atoms with Gasteiger partial charge in [-0.05, 0) is 0 Å². The molecule has 15 unspecified atom stereocenters. The van der Waals surface area contributed by atoms with E-state index in [0.717, 1.165) is 76.2 Å². The summed E-state index contributed by atoms with van der Waals surface area (Å²) in [6, 6.07) is 0. The molecule has 0 N–H and O–H groups in total. The molecule has 0 bridgehead atoms. The predicted octanol–water partition coefficient (Wildman–Crippen LogP) is -1.29. The Kier molecular flexibility index (Phi) is 20.8. The fraction of sp³-hybridized carbons (Fsp3) is 0.725. The Hall–Kier alpha value is -6.03. The van der Waals surface area contributed by atoms with E-state index in [4.69, 9.17) is 75.8 Å². The Morgan fingerprint density at radius 1 is 0.284 bits per heavy atom. The molecule has 3 heterocycles. The van der Waals surface area contributed by atoms with Crippen LogP contribution in [0.25, 0.3) is 0 Å². The molecule has 27 heteroatoms. The van der Waals surface area contributed by atoms with Gasteiger partial charge in [-0.25, -0.2) is 0 Å². The molecule has 0 amide bonds. The minimum atomic E-state index is -2.03. The fourth-order valence-corrected chi connectivity index (χ4v) is 7.04. The van der Waals surface area contributed by atoms with Gasteiger partial charge in [0.2, 0.25) is 6.29 Å². The van der Waals surface area contributed by atoms with Crippen LogP contribution in [-0.2, 0) is 129 Å². The zero-order valence-corrected chi connectivity index (χ0v) is 38.3. The molecule has 0 radical (unpaired) electrons. The Balaban J connectivity index is 2.25. The van der Waals surface area contributed by atoms with Gasteiger partial charge < -0.3 is 75.8 Å². The highest BCUT2D eigenvalue weighted by atomic mass is 16.8. The lowest BCUT2D eigenvalue weighted by Crippen LogP contribution is -2.68. The third kappa shape index (κ3) is 17.0. The van der Waals surface area contributed by atoms with Gasteiger partial charge in [0.05, 0.1) is 6.61 Å². The average molecular weight is 967 g/mol. The van der Waals surface area contributed by atoms with E-state index in [2.05, 4.69) is 0 Å². The number of hydrogen-bond donors (Lipinski definition) is 0. The van der Waals surface area contributed by atoms with Crippen molar-refractivity contribution in [1.82, 2.24) is 0 Å². The molecule has 3 aliphatic rings. The third-order valence-electron chi connectivity index (χ3n) is 9.09. The molecule has 3 aliphatic heterocycles. The number of hydrogen-bond acceptors (Lipinski definition) is 27. The molecule has 3 fully saturated rings. The number of carbonyl (C=O) groups excluding carboxylic acids is 11. The summed E-state index contributed by atoms with van der Waals surface area (Å²) in [5.41, 5.74) is 0. The van der Waals surface area contributed by atoms with Gasteiger partial charge in [0, 0.05) is 76.2 Å². The molecule has 0 saturated carbocycles. The zero-order chi connectivity index (χ0) is 50.4. The maximum absolute atomic E-state index is 12.9. The molecule has 27 nitrogen and oxygen atoms in total. The monoisotopic (exact) mass is 966 g/mol. The van der Waals surface area contributed by atoms with Gasteiger partial charge in [-0.1, -0.05) is 0 Å². The van der Waals surface area contributed by atoms with Gasteiger partial charge in [-0.15, -0.1) is 0 Å². The van der Waals surface area contributed by atoms with Gasteiger partial charge in [0.25, 0.3) is 0 Å². The Morgan fingerprint density at radius 3 is 0.910 bits per heavy atom. The smallest absolute Gasteiger partial charge is 0.305 e. The van der Waals surface area contributed by atoms with E-state index in [-0.39, 0.29) is 0 Å². The molecular formula is C40H54O27. The molecule has 15 atom stereocenters. The zero-order valence-electron chi connectivity index (χ0n) is 38.3. The van der Waals surface area contributed by atoms with Crippen LogP contribution in [0.15, 0.2) is 0 Å². The second-order valence-electron chi connectivity index (χ2n) is 14.9. The van der Waals surface area contributed by atoms with Gasteiger partial charge >= 0.3 is 65.7 Å². The lowest BCUT2D eigenvalue weighted by molar-refractivity contribution is -0.363. The highest BCUT2D eigenvalue weighted by Gasteiger charge is 2.59. The van der Waals surface area contributed by atoms with E-state index >= 15 is 0 Å². The van der Waals surface area contributed by atoms with E-state index in [1.54, 1.807) is 0 Å². The minimum absolute atomic E-state index is 0.641. The summed E-state index contributed by atoms with van der Waals surface area (Å²) < 4.78 is 90.0. The molecule has 0 aromatic carbocycles. The summed E-state index contributed by atoms with van der Waals surface area (Å²) in [5, 5.41) is 0. The van der Waals surface area contributed by atoms with Crippen LogP contribution >= 0.6 is 0 Å². The number of ether oxygens (including phenoxy) is 16. The average Bonchev–Trinajstić information content (AvgIpc) is 3.17. The predicted molar refractivity (Wildman–Crippen MR) is 206 cm³/mol. The lowest BCUT2D eigenvalue weighted by Gasteiger charge is -2.49. The lowest BCUT2D eigenvalue weighted by atomic mass is 9.95. The van der Waals surface area contributed by atoms with Crippen molar-refractivity contribution in [2.45, 2.75) is 168 Å². The Labute approximate surface area is 382 Å². The molecule has 0 aliphatic carbocycles. The van der Waals surface area contributed by atoms with Crippen LogP contribution in [0.4, 0.5) is 0 Å². The SMILES string of the molecule is CC(=O)OCC1OC(OCC2OC(OC(C)=O)C(OC(C)=O)C(OC3OC(COC(C)=O)C(OC(C)=O)C(OC(C)=O)C3OC(C)=O)C2OC(C)=O)C(OC(C)=O)C(OC(C)=O)C1OC(C)=O. The van der Waals surface area contributed by atoms with Crippen molar-refractivity contribution in [2.75, 3.05) is 19.8 Å². The molecule has 0 aromatic heterocycles. The topological polar surface area (TPSA) is 335 Å². The van der Waals surface area contributed by atoms with Gasteiger partial charge in [0.15, 0.2) is 61.4 Å². The first-order chi connectivity index (χ1) is 31.3. The largest absolute Gasteiger partial charge is 0.463 e. The first-order valence-corrected chi connectivity index (χ1v) is 20.3. The number of carbonyl (C=O) groups is 11. The maximum atomic E-state index is 12.9. The number of rotatable bonds is 18. The first-order valence-electron chi connectivity index (χ1n) is 20.3. The van der Waals surface area contributed by atoms with Crippen molar-refractivity contribution < 1.29 is 129 Å². The van der Waals surface area contributed by atoms with Gasteiger partial charge in [0.1, 0.15) is 37.6 Å². The van der Waals surface area contributed by atoms with E-state index < -0.39 is 178 Å². The van der Waals surface area contributed by atoms with Gasteiger partial charge in [-0.2, -0.15) is 0 Å². The van der Waals surface area contributed by atoms with E-state index in [1.807, 2.05) is 0 Å². The molecule has 3 rings (SSSR count). The maximum Gasteiger partial charge on any atom is 0.305 e. The summed E-state index contributed by atoms with van der Waals surface area (Å²) in [6.45, 7) is 8.60. The fourth-order valence-electron chi connectivity index (χ4n) is 7.04. The summed E-state index contributed by atoms with van der Waals surface area (Å²) >= 11 is 0. The quantitative estimate of drug-likeness (QED) is 0.114. The summed E-state index contributed by atoms with van der Waals surface area (Å²) in [4.78, 5) is 137. The number of esters is 11. The van der Waals surface area contributed by atoms with Crippen LogP contribution in [0, 0.1) is 0 Å². The van der Waals surface area contributed by atoms with Crippen molar-refractivity contribution in [3.05, 3.63) is 0 Å². The molecule has 3 saturated heterocycles. The van der Waals surface area contributed by atoms with Crippen LogP contribution in [0.1, 0.15) is 76.2 Å². The molecule has 0 aromatic rings. The highest BCUT2D eigenvalue weighted by Crippen LogP contribution is 2.37. The second-order valence-corrected chi connectivity index (χ2v) is 14.9. The molecule has 67 heavy (non-hydrogen) atoms. The van der Waals surface area contributed by atoms with Crippen molar-refractivity contribution in [3.8, 4) is 0 Å². The van der Waals surface area contributed by atoms with Crippen molar-refractivity contribution >= 4 is 65.7 Å². The standard InChI is InChI=1S/C40H54O27/c1-15(41)52-12-26-29(55-17(3)43)32(58-20(6)46)35(60-22(8)48)38(64-26)54-14-28-31(57-19(5)45)34(37(62-24(10)50)39(65-28)63-25(11)51)67-40-36(61-23(9)49)33(59-21(7)47)30(56-18(4)44)27(66-40)13-53-16(2)42/h26-40H,12-14H2,1-11H3. The highest BCUT2D eigenvalue weighted by molar-refractivity contribution is 5.71. The van der Waals surface area contributed by atoms with E-state index in [0.29, 0.717) is 0 Å². The second kappa shape index (κ2) is 25.2. The Bertz CT molecular complexity index is 1850. The van der Waals surface area contributed by atoms with Crippen molar-refractivity contribution in [2.24, 2.45) is 0 Å². The summed E-state index contributed by atoms with van der Waals surface area (Å²) in [5.74, 6) is -10.6. The first kappa shape index (κ1) is 55.3. The normalized spacial score (nSPS) is 31.2. The third-order valence-corrected chi connectivity index (χ3v) is 9.09. The van der Waals surface area contributed by atoms with Crippen molar-refractivity contribution in [1.29, 1.82) is 0 Å². The minimum Gasteiger partial charge on any atom is -0.463 e. The summed E-state index contributed by atoms with van der Waals surface area (Å²) in [6.07, 6.45) is -26.7. The van der Waals surface area contributed by atoms with Crippen LogP contribution < -0.4 is 0 Å². The van der Waals surface area contributed by atoms with Crippen LogP contribution in [0.5, 0.6) is 0 Å². The van der Waals surface area contributed by atoms with Crippen LogP contribution in [0.2, 0.25) is 0 Å². The van der Waals surface area contributed by atoms with Crippen LogP contribution in [-0.4, -0.2) is 178 Å². The van der Waals surface area contributed by atoms with Crippen LogP contribution in [0.3, 0.4) is 0 Å². The molecule has 376 valence electrons. The van der Waals surface area contributed by atoms with E-state index in [1.165, 1.54) is 0 Å². The van der Waals surface area contributed by atoms with E-state index in [9.17, 15) is 52.7 Å². The molecular weight excluding hydrogens is 912 g/mol. The molecule has 0 spiro atoms. The Morgan fingerprint density at radius 2 is 0.552 bits per heavy atom. The summed E-state index contributed by atoms with van der Waals surface area (Å²) in [7, 11) is 0.